The zero-order valence-corrected chi connectivity index (χ0v) is 11.6. The fraction of sp³-hybridized carbons (Fsp3) is 0.263. The van der Waals surface area contributed by atoms with Gasteiger partial charge in [-0.2, -0.15) is 0 Å². The molecule has 0 spiro atoms. The fourth-order valence-corrected chi connectivity index (χ4v) is 3.09. The highest BCUT2D eigenvalue weighted by molar-refractivity contribution is 5.56. The molecule has 1 atom stereocenters. The summed E-state index contributed by atoms with van der Waals surface area (Å²) in [6.07, 6.45) is 9.05. The van der Waals surface area contributed by atoms with Gasteiger partial charge < -0.3 is 5.11 Å². The van der Waals surface area contributed by atoms with E-state index >= 15 is 0 Å². The van der Waals surface area contributed by atoms with Gasteiger partial charge in [-0.3, -0.25) is 0 Å². The van der Waals surface area contributed by atoms with Crippen LogP contribution in [-0.4, -0.2) is 5.11 Å². The van der Waals surface area contributed by atoms with Crippen LogP contribution in [-0.2, 0) is 6.42 Å². The van der Waals surface area contributed by atoms with Crippen molar-refractivity contribution in [2.45, 2.75) is 31.6 Å². The van der Waals surface area contributed by atoms with Crippen molar-refractivity contribution in [3.8, 4) is 5.75 Å². The Bertz CT molecular complexity index is 613. The van der Waals surface area contributed by atoms with E-state index < -0.39 is 0 Å². The normalized spacial score (nSPS) is 18.1. The molecule has 0 saturated heterocycles. The molecule has 0 heterocycles. The Balaban J connectivity index is 1.72. The second-order valence-electron chi connectivity index (χ2n) is 5.48. The number of para-hydroxylation sites is 1. The Labute approximate surface area is 120 Å². The lowest BCUT2D eigenvalue weighted by Gasteiger charge is -2.24. The van der Waals surface area contributed by atoms with E-state index in [0.29, 0.717) is 11.7 Å². The van der Waals surface area contributed by atoms with E-state index in [4.69, 9.17) is 0 Å². The van der Waals surface area contributed by atoms with Crippen LogP contribution in [0.1, 0.15) is 41.9 Å². The van der Waals surface area contributed by atoms with Gasteiger partial charge in [-0.05, 0) is 48.8 Å². The molecule has 1 N–H and O–H groups in total. The largest absolute Gasteiger partial charge is 0.507 e. The van der Waals surface area contributed by atoms with Gasteiger partial charge in [-0.15, -0.1) is 0 Å². The minimum absolute atomic E-state index is 0.354. The van der Waals surface area contributed by atoms with Crippen LogP contribution in [0.15, 0.2) is 54.6 Å². The Morgan fingerprint density at radius 2 is 1.85 bits per heavy atom. The number of aromatic hydroxyl groups is 1. The quantitative estimate of drug-likeness (QED) is 0.834. The molecule has 20 heavy (non-hydrogen) atoms. The van der Waals surface area contributed by atoms with E-state index in [2.05, 4.69) is 30.3 Å². The molecule has 0 amide bonds. The zero-order chi connectivity index (χ0) is 13.8. The fourth-order valence-electron chi connectivity index (χ4n) is 3.09. The molecule has 102 valence electrons. The Morgan fingerprint density at radius 3 is 2.75 bits per heavy atom. The third kappa shape index (κ3) is 2.77. The topological polar surface area (TPSA) is 20.2 Å². The number of phenols is 1. The van der Waals surface area contributed by atoms with E-state index in [1.807, 2.05) is 24.3 Å². The Morgan fingerprint density at radius 1 is 1.05 bits per heavy atom. The summed E-state index contributed by atoms with van der Waals surface area (Å²) < 4.78 is 0. The molecule has 1 heteroatoms. The van der Waals surface area contributed by atoms with Gasteiger partial charge >= 0.3 is 0 Å². The maximum Gasteiger partial charge on any atom is 0.122 e. The van der Waals surface area contributed by atoms with Crippen LogP contribution < -0.4 is 0 Å². The molecule has 0 bridgehead atoms. The van der Waals surface area contributed by atoms with Crippen molar-refractivity contribution in [2.75, 3.05) is 0 Å². The Kier molecular flexibility index (Phi) is 3.87. The predicted molar refractivity (Wildman–Crippen MR) is 83.9 cm³/mol. The van der Waals surface area contributed by atoms with Crippen LogP contribution in [0.3, 0.4) is 0 Å². The molecule has 1 nitrogen and oxygen atoms in total. The highest BCUT2D eigenvalue weighted by atomic mass is 16.3. The highest BCUT2D eigenvalue weighted by Gasteiger charge is 2.18. The first-order valence-electron chi connectivity index (χ1n) is 7.37. The molecule has 2 aromatic rings. The first kappa shape index (κ1) is 13.0. The summed E-state index contributed by atoms with van der Waals surface area (Å²) in [6.45, 7) is 0. The molecule has 1 aliphatic carbocycles. The van der Waals surface area contributed by atoms with Crippen LogP contribution >= 0.6 is 0 Å². The van der Waals surface area contributed by atoms with Crippen molar-refractivity contribution >= 4 is 6.08 Å². The summed E-state index contributed by atoms with van der Waals surface area (Å²) in [5.74, 6) is 0.981. The summed E-state index contributed by atoms with van der Waals surface area (Å²) in [7, 11) is 0. The lowest BCUT2D eigenvalue weighted by molar-refractivity contribution is 0.474. The smallest absolute Gasteiger partial charge is 0.122 e. The summed E-state index contributed by atoms with van der Waals surface area (Å²) in [6, 6.07) is 16.3. The second kappa shape index (κ2) is 5.96. The van der Waals surface area contributed by atoms with Crippen molar-refractivity contribution in [1.82, 2.24) is 0 Å². The number of hydrogen-bond acceptors (Lipinski definition) is 1. The summed E-state index contributed by atoms with van der Waals surface area (Å²) in [5.41, 5.74) is 3.93. The maximum atomic E-state index is 9.75. The molecular formula is C19H20O. The SMILES string of the molecule is Oc1ccccc1C=CCC1CCCc2ccccc21. The minimum Gasteiger partial charge on any atom is -0.507 e. The van der Waals surface area contributed by atoms with Crippen LogP contribution in [0.2, 0.25) is 0 Å². The van der Waals surface area contributed by atoms with E-state index in [9.17, 15) is 5.11 Å². The summed E-state index contributed by atoms with van der Waals surface area (Å²) in [4.78, 5) is 0. The average Bonchev–Trinajstić information content (AvgIpc) is 2.49. The third-order valence-corrected chi connectivity index (χ3v) is 4.15. The summed E-state index contributed by atoms with van der Waals surface area (Å²) in [5, 5.41) is 9.75. The molecule has 0 saturated carbocycles. The van der Waals surface area contributed by atoms with Crippen molar-refractivity contribution < 1.29 is 5.11 Å². The van der Waals surface area contributed by atoms with Crippen molar-refractivity contribution in [1.29, 1.82) is 0 Å². The number of benzene rings is 2. The first-order valence-corrected chi connectivity index (χ1v) is 7.37. The van der Waals surface area contributed by atoms with Crippen LogP contribution in [0, 0.1) is 0 Å². The Hall–Kier alpha value is -2.02. The molecule has 0 radical (unpaired) electrons. The number of fused-ring (bicyclic) bond motifs is 1. The van der Waals surface area contributed by atoms with Gasteiger partial charge in [0.05, 0.1) is 0 Å². The van der Waals surface area contributed by atoms with Crippen LogP contribution in [0.25, 0.3) is 6.08 Å². The molecule has 3 rings (SSSR count). The van der Waals surface area contributed by atoms with Gasteiger partial charge in [-0.1, -0.05) is 54.6 Å². The lowest BCUT2D eigenvalue weighted by atomic mass is 9.81. The molecule has 0 aromatic heterocycles. The van der Waals surface area contributed by atoms with E-state index in [0.717, 1.165) is 12.0 Å². The van der Waals surface area contributed by atoms with Gasteiger partial charge in [0.15, 0.2) is 0 Å². The van der Waals surface area contributed by atoms with Crippen molar-refractivity contribution in [3.05, 3.63) is 71.3 Å². The lowest BCUT2D eigenvalue weighted by Crippen LogP contribution is -2.08. The average molecular weight is 264 g/mol. The maximum absolute atomic E-state index is 9.75. The number of rotatable bonds is 3. The van der Waals surface area contributed by atoms with Crippen molar-refractivity contribution in [3.63, 3.8) is 0 Å². The summed E-state index contributed by atoms with van der Waals surface area (Å²) >= 11 is 0. The van der Waals surface area contributed by atoms with E-state index in [1.54, 1.807) is 6.07 Å². The standard InChI is InChI=1S/C19H20O/c20-19-14-4-2-8-17(19)12-6-11-16-10-5-9-15-7-1-3-13-18(15)16/h1-4,6-8,12-14,16,20H,5,9-11H2. The zero-order valence-electron chi connectivity index (χ0n) is 11.6. The molecule has 1 aliphatic rings. The number of phenolic OH excluding ortho intramolecular Hbond substituents is 1. The molecule has 0 aliphatic heterocycles. The van der Waals surface area contributed by atoms with E-state index in [1.165, 1.54) is 30.4 Å². The van der Waals surface area contributed by atoms with Gasteiger partial charge in [0.25, 0.3) is 0 Å². The second-order valence-corrected chi connectivity index (χ2v) is 5.48. The van der Waals surface area contributed by atoms with Gasteiger partial charge in [-0.25, -0.2) is 0 Å². The predicted octanol–water partition coefficient (Wildman–Crippen LogP) is 4.92. The number of allylic oxidation sites excluding steroid dienone is 1. The number of aryl methyl sites for hydroxylation is 1. The molecule has 0 fully saturated rings. The first-order chi connectivity index (χ1) is 9.84. The van der Waals surface area contributed by atoms with Gasteiger partial charge in [0.2, 0.25) is 0 Å². The van der Waals surface area contributed by atoms with Crippen molar-refractivity contribution in [2.24, 2.45) is 0 Å². The van der Waals surface area contributed by atoms with Crippen LogP contribution in [0.5, 0.6) is 5.75 Å². The number of hydrogen-bond donors (Lipinski definition) is 1. The molecule has 1 unspecified atom stereocenters. The van der Waals surface area contributed by atoms with E-state index in [-0.39, 0.29) is 0 Å². The minimum atomic E-state index is 0.354. The third-order valence-electron chi connectivity index (χ3n) is 4.15. The monoisotopic (exact) mass is 264 g/mol. The van der Waals surface area contributed by atoms with Gasteiger partial charge in [0, 0.05) is 5.56 Å². The molecule has 2 aromatic carbocycles. The molecular weight excluding hydrogens is 244 g/mol. The van der Waals surface area contributed by atoms with Crippen LogP contribution in [0.4, 0.5) is 0 Å². The van der Waals surface area contributed by atoms with Gasteiger partial charge in [0.1, 0.15) is 5.75 Å². The highest BCUT2D eigenvalue weighted by Crippen LogP contribution is 2.34.